The van der Waals surface area contributed by atoms with Crippen LogP contribution in [0.15, 0.2) is 29.4 Å². The van der Waals surface area contributed by atoms with Gasteiger partial charge in [0.15, 0.2) is 5.54 Å². The van der Waals surface area contributed by atoms with Crippen molar-refractivity contribution in [3.63, 3.8) is 0 Å². The first-order chi connectivity index (χ1) is 7.32. The van der Waals surface area contributed by atoms with Crippen LogP contribution in [0.1, 0.15) is 20.8 Å². The number of hydroxylamine groups is 1. The number of nitrogens with zero attached hydrogens (tertiary/aromatic N) is 3. The van der Waals surface area contributed by atoms with Crippen molar-refractivity contribution in [2.24, 2.45) is 5.11 Å². The highest BCUT2D eigenvalue weighted by Gasteiger charge is 2.23. The predicted molar refractivity (Wildman–Crippen MR) is 58.6 cm³/mol. The fraction of sp³-hybridized carbons (Fsp3) is 0.400. The summed E-state index contributed by atoms with van der Waals surface area (Å²) in [6.07, 6.45) is 0. The molecule has 0 radical (unpaired) electrons. The summed E-state index contributed by atoms with van der Waals surface area (Å²) in [5.41, 5.74) is -0.825. The Labute approximate surface area is 92.9 Å². The van der Waals surface area contributed by atoms with Crippen molar-refractivity contribution in [2.75, 3.05) is 0 Å². The minimum Gasteiger partial charge on any atom is -0.599 e. The summed E-state index contributed by atoms with van der Waals surface area (Å²) in [4.78, 5) is 10.6. The molecule has 1 rings (SSSR count). The van der Waals surface area contributed by atoms with E-state index >= 15 is 0 Å². The lowest BCUT2D eigenvalue weighted by Gasteiger charge is -2.14. The summed E-state index contributed by atoms with van der Waals surface area (Å²) in [5.74, 6) is 0. The molecule has 0 N–H and O–H groups in total. The van der Waals surface area contributed by atoms with Gasteiger partial charge in [0.1, 0.15) is 0 Å². The van der Waals surface area contributed by atoms with Gasteiger partial charge in [-0.2, -0.15) is 0 Å². The van der Waals surface area contributed by atoms with Crippen molar-refractivity contribution in [2.45, 2.75) is 26.3 Å². The molecule has 0 spiro atoms. The molecule has 0 saturated heterocycles. The van der Waals surface area contributed by atoms with Crippen LogP contribution < -0.4 is 0 Å². The van der Waals surface area contributed by atoms with E-state index in [1.54, 1.807) is 26.8 Å². The van der Waals surface area contributed by atoms with E-state index in [0.717, 1.165) is 0 Å². The van der Waals surface area contributed by atoms with Crippen LogP contribution in [-0.4, -0.2) is 15.3 Å². The van der Waals surface area contributed by atoms with Gasteiger partial charge in [-0.05, 0) is 6.07 Å². The summed E-state index contributed by atoms with van der Waals surface area (Å²) in [5, 5.41) is 25.9. The Hall–Kier alpha value is -1.98. The highest BCUT2D eigenvalue weighted by Crippen LogP contribution is 2.27. The molecule has 0 unspecified atom stereocenters. The van der Waals surface area contributed by atoms with Crippen molar-refractivity contribution >= 4 is 11.4 Å². The molecule has 16 heavy (non-hydrogen) atoms. The van der Waals surface area contributed by atoms with Gasteiger partial charge in [-0.1, -0.05) is 17.0 Å². The van der Waals surface area contributed by atoms with Gasteiger partial charge in [0.25, 0.3) is 0 Å². The summed E-state index contributed by atoms with van der Waals surface area (Å²) in [6, 6.07) is 5.88. The maximum Gasteiger partial charge on any atom is 0.300 e. The van der Waals surface area contributed by atoms with Gasteiger partial charge in [-0.3, -0.25) is 10.1 Å². The quantitative estimate of drug-likeness (QED) is 0.334. The van der Waals surface area contributed by atoms with Gasteiger partial charge in [0.2, 0.25) is 5.69 Å². The zero-order valence-electron chi connectivity index (χ0n) is 9.38. The largest absolute Gasteiger partial charge is 0.599 e. The molecule has 86 valence electrons. The van der Waals surface area contributed by atoms with E-state index in [1.807, 2.05) is 0 Å². The van der Waals surface area contributed by atoms with Gasteiger partial charge < -0.3 is 5.21 Å². The van der Waals surface area contributed by atoms with Crippen LogP contribution in [0.5, 0.6) is 0 Å². The van der Waals surface area contributed by atoms with Crippen LogP contribution >= 0.6 is 0 Å². The predicted octanol–water partition coefficient (Wildman–Crippen LogP) is 2.99. The van der Waals surface area contributed by atoms with E-state index in [4.69, 9.17) is 0 Å². The molecule has 0 fully saturated rings. The number of nitro benzene ring substituents is 1. The second-order valence-corrected chi connectivity index (χ2v) is 4.29. The number of benzene rings is 1. The van der Waals surface area contributed by atoms with Crippen LogP contribution in [0, 0.1) is 15.3 Å². The van der Waals surface area contributed by atoms with Gasteiger partial charge in [-0.25, -0.2) is 0 Å². The molecule has 6 nitrogen and oxygen atoms in total. The molecule has 0 aliphatic carbocycles. The average molecular weight is 223 g/mol. The molecular formula is C10H13N3O3. The van der Waals surface area contributed by atoms with Crippen LogP contribution in [-0.2, 0) is 0 Å². The molecule has 0 aliphatic rings. The van der Waals surface area contributed by atoms with Crippen LogP contribution in [0.4, 0.5) is 11.4 Å². The zero-order chi connectivity index (χ0) is 12.3. The number of hydrogen-bond donors (Lipinski definition) is 0. The molecule has 0 atom stereocenters. The minimum absolute atomic E-state index is 0.0671. The molecule has 6 heteroatoms. The number of hydrogen-bond acceptors (Lipinski definition) is 4. The number of nitro groups is 1. The Morgan fingerprint density at radius 1 is 1.19 bits per heavy atom. The topological polar surface area (TPSA) is 81.6 Å². The Kier molecular flexibility index (Phi) is 3.22. The van der Waals surface area contributed by atoms with E-state index in [2.05, 4.69) is 5.11 Å². The maximum absolute atomic E-state index is 11.5. The van der Waals surface area contributed by atoms with Crippen molar-refractivity contribution in [1.29, 1.82) is 0 Å². The van der Waals surface area contributed by atoms with Crippen molar-refractivity contribution in [3.8, 4) is 0 Å². The van der Waals surface area contributed by atoms with Gasteiger partial charge in [-0.15, -0.1) is 0 Å². The normalized spacial score (nSPS) is 12.6. The lowest BCUT2D eigenvalue weighted by Crippen LogP contribution is -2.26. The Bertz CT molecular complexity index is 435. The minimum atomic E-state index is -0.719. The van der Waals surface area contributed by atoms with Gasteiger partial charge >= 0.3 is 5.69 Å². The van der Waals surface area contributed by atoms with Crippen LogP contribution in [0.3, 0.4) is 0 Å². The summed E-state index contributed by atoms with van der Waals surface area (Å²) >= 11 is 0. The SMILES string of the molecule is CC(C)(C)[N+]([O-])=Nc1ccccc1[N+](=O)[O-]. The first-order valence-corrected chi connectivity index (χ1v) is 4.75. The molecule has 0 aliphatic heterocycles. The third kappa shape index (κ3) is 2.75. The third-order valence-corrected chi connectivity index (χ3v) is 1.85. The molecule has 1 aromatic rings. The van der Waals surface area contributed by atoms with E-state index in [1.165, 1.54) is 18.2 Å². The standard InChI is InChI=1S/C10H13N3O3/c1-10(2,3)13(16)11-8-6-4-5-7-9(8)12(14)15/h4-7H,1-3H3. The molecule has 1 aromatic carbocycles. The van der Waals surface area contributed by atoms with Crippen molar-refractivity contribution in [1.82, 2.24) is 0 Å². The third-order valence-electron chi connectivity index (χ3n) is 1.85. The monoisotopic (exact) mass is 223 g/mol. The maximum atomic E-state index is 11.5. The van der Waals surface area contributed by atoms with E-state index in [0.29, 0.717) is 4.86 Å². The summed E-state index contributed by atoms with van der Waals surface area (Å²) in [6.45, 7) is 5.04. The Morgan fingerprint density at radius 3 is 2.25 bits per heavy atom. The molecule has 0 aromatic heterocycles. The summed E-state index contributed by atoms with van der Waals surface area (Å²) < 4.78 is 0. The molecule has 0 heterocycles. The number of rotatable bonds is 2. The average Bonchev–Trinajstić information content (AvgIpc) is 2.16. The second-order valence-electron chi connectivity index (χ2n) is 4.29. The first-order valence-electron chi connectivity index (χ1n) is 4.75. The molecular weight excluding hydrogens is 210 g/mol. The Morgan fingerprint density at radius 2 is 1.75 bits per heavy atom. The van der Waals surface area contributed by atoms with Gasteiger partial charge in [0.05, 0.1) is 4.92 Å². The molecule has 0 bridgehead atoms. The van der Waals surface area contributed by atoms with Crippen LogP contribution in [0.2, 0.25) is 0 Å². The van der Waals surface area contributed by atoms with E-state index in [-0.39, 0.29) is 11.4 Å². The lowest BCUT2D eigenvalue weighted by molar-refractivity contribution is -0.595. The second kappa shape index (κ2) is 4.26. The fourth-order valence-corrected chi connectivity index (χ4v) is 0.951. The van der Waals surface area contributed by atoms with Gasteiger partial charge in [0, 0.05) is 32.0 Å². The number of para-hydroxylation sites is 1. The van der Waals surface area contributed by atoms with Crippen molar-refractivity contribution < 1.29 is 9.78 Å². The van der Waals surface area contributed by atoms with Crippen LogP contribution in [0.25, 0.3) is 0 Å². The zero-order valence-corrected chi connectivity index (χ0v) is 9.38. The summed E-state index contributed by atoms with van der Waals surface area (Å²) in [7, 11) is 0. The molecule has 0 amide bonds. The smallest absolute Gasteiger partial charge is 0.300 e. The molecule has 0 saturated carbocycles. The number of azo groups is 1. The fourth-order valence-electron chi connectivity index (χ4n) is 0.951. The first kappa shape index (κ1) is 12.1. The van der Waals surface area contributed by atoms with Crippen molar-refractivity contribution in [3.05, 3.63) is 39.6 Å². The van der Waals surface area contributed by atoms with E-state index in [9.17, 15) is 15.3 Å². The highest BCUT2D eigenvalue weighted by atomic mass is 16.6. The Balaban J connectivity index is 3.20. The van der Waals surface area contributed by atoms with E-state index < -0.39 is 10.5 Å². The lowest BCUT2D eigenvalue weighted by atomic mass is 10.1. The highest BCUT2D eigenvalue weighted by molar-refractivity contribution is 5.55.